The highest BCUT2D eigenvalue weighted by molar-refractivity contribution is 7.19. The Labute approximate surface area is 150 Å². The van der Waals surface area contributed by atoms with Gasteiger partial charge in [-0.25, -0.2) is 9.97 Å². The standard InChI is InChI=1S/C17H21N5O2S/c1-10-16(25-17(19-10)20-11(2)23)15-8-18-7-14(21-15)13-5-4-6-22(9-13)12(3)24/h7-8,13H,4-6,9H2,1-3H3,(H,19,20,23). The highest BCUT2D eigenvalue weighted by atomic mass is 32.1. The molecule has 2 aromatic heterocycles. The number of rotatable bonds is 3. The van der Waals surface area contributed by atoms with E-state index in [-0.39, 0.29) is 17.7 Å². The van der Waals surface area contributed by atoms with Crippen LogP contribution >= 0.6 is 11.3 Å². The maximum absolute atomic E-state index is 11.6. The molecule has 0 spiro atoms. The highest BCUT2D eigenvalue weighted by Gasteiger charge is 2.24. The average Bonchev–Trinajstić information content (AvgIpc) is 2.94. The van der Waals surface area contributed by atoms with E-state index in [1.54, 1.807) is 19.3 Å². The molecule has 1 saturated heterocycles. The summed E-state index contributed by atoms with van der Waals surface area (Å²) < 4.78 is 0. The molecule has 2 aromatic rings. The third kappa shape index (κ3) is 4.01. The summed E-state index contributed by atoms with van der Waals surface area (Å²) in [5, 5.41) is 3.27. The molecular formula is C17H21N5O2S. The maximum atomic E-state index is 11.6. The summed E-state index contributed by atoms with van der Waals surface area (Å²) in [4.78, 5) is 39.1. The number of likely N-dealkylation sites (tertiary alicyclic amines) is 1. The van der Waals surface area contributed by atoms with Crippen molar-refractivity contribution in [1.82, 2.24) is 19.9 Å². The maximum Gasteiger partial charge on any atom is 0.223 e. The Kier molecular flexibility index (Phi) is 5.08. The highest BCUT2D eigenvalue weighted by Crippen LogP contribution is 2.33. The molecule has 1 atom stereocenters. The van der Waals surface area contributed by atoms with Crippen molar-refractivity contribution in [2.45, 2.75) is 39.5 Å². The first kappa shape index (κ1) is 17.5. The zero-order valence-electron chi connectivity index (χ0n) is 14.6. The van der Waals surface area contributed by atoms with Crippen LogP contribution in [0.2, 0.25) is 0 Å². The first-order chi connectivity index (χ1) is 11.9. The van der Waals surface area contributed by atoms with Gasteiger partial charge in [0.05, 0.1) is 22.5 Å². The second kappa shape index (κ2) is 7.26. The summed E-state index contributed by atoms with van der Waals surface area (Å²) in [5.41, 5.74) is 2.47. The number of nitrogens with zero attached hydrogens (tertiary/aromatic N) is 4. The van der Waals surface area contributed by atoms with Crippen LogP contribution in [0.25, 0.3) is 10.6 Å². The molecule has 132 valence electrons. The van der Waals surface area contributed by atoms with E-state index >= 15 is 0 Å². The minimum atomic E-state index is -0.147. The molecule has 3 heterocycles. The second-order valence-electron chi connectivity index (χ2n) is 6.25. The number of aromatic nitrogens is 3. The molecule has 0 aliphatic carbocycles. The molecule has 2 amide bonds. The molecule has 0 saturated carbocycles. The van der Waals surface area contributed by atoms with Gasteiger partial charge in [0.2, 0.25) is 11.8 Å². The van der Waals surface area contributed by atoms with Crippen molar-refractivity contribution < 1.29 is 9.59 Å². The Hall–Kier alpha value is -2.35. The Morgan fingerprint density at radius 2 is 2.08 bits per heavy atom. The average molecular weight is 359 g/mol. The lowest BCUT2D eigenvalue weighted by atomic mass is 9.95. The van der Waals surface area contributed by atoms with E-state index in [2.05, 4.69) is 15.3 Å². The second-order valence-corrected chi connectivity index (χ2v) is 7.25. The number of carbonyl (C=O) groups is 2. The first-order valence-electron chi connectivity index (χ1n) is 8.27. The van der Waals surface area contributed by atoms with Crippen LogP contribution in [0.1, 0.15) is 44.0 Å². The van der Waals surface area contributed by atoms with Gasteiger partial charge in [0.25, 0.3) is 0 Å². The number of anilines is 1. The minimum absolute atomic E-state index is 0.104. The van der Waals surface area contributed by atoms with Crippen LogP contribution in [-0.4, -0.2) is 44.8 Å². The largest absolute Gasteiger partial charge is 0.342 e. The van der Waals surface area contributed by atoms with Crippen LogP contribution in [0.3, 0.4) is 0 Å². The predicted octanol–water partition coefficient (Wildman–Crippen LogP) is 2.59. The predicted molar refractivity (Wildman–Crippen MR) is 96.4 cm³/mol. The lowest BCUT2D eigenvalue weighted by Crippen LogP contribution is -2.37. The molecular weight excluding hydrogens is 338 g/mol. The van der Waals surface area contributed by atoms with Crippen LogP contribution in [-0.2, 0) is 9.59 Å². The molecule has 25 heavy (non-hydrogen) atoms. The zero-order valence-corrected chi connectivity index (χ0v) is 15.4. The lowest BCUT2D eigenvalue weighted by Gasteiger charge is -2.31. The molecule has 3 rings (SSSR count). The van der Waals surface area contributed by atoms with Crippen molar-refractivity contribution >= 4 is 28.3 Å². The summed E-state index contributed by atoms with van der Waals surface area (Å²) in [6.45, 7) is 6.46. The van der Waals surface area contributed by atoms with E-state index in [4.69, 9.17) is 4.98 Å². The molecule has 1 aliphatic rings. The quantitative estimate of drug-likeness (QED) is 0.910. The first-order valence-corrected chi connectivity index (χ1v) is 9.08. The van der Waals surface area contributed by atoms with Crippen molar-refractivity contribution in [1.29, 1.82) is 0 Å². The molecule has 0 aromatic carbocycles. The van der Waals surface area contributed by atoms with Gasteiger partial charge in [0.1, 0.15) is 5.69 Å². The number of hydrogen-bond acceptors (Lipinski definition) is 6. The molecule has 8 heteroatoms. The number of thiazole rings is 1. The van der Waals surface area contributed by atoms with E-state index in [9.17, 15) is 9.59 Å². The Balaban J connectivity index is 1.85. The Bertz CT molecular complexity index is 804. The fraction of sp³-hybridized carbons (Fsp3) is 0.471. The Morgan fingerprint density at radius 3 is 2.80 bits per heavy atom. The monoisotopic (exact) mass is 359 g/mol. The lowest BCUT2D eigenvalue weighted by molar-refractivity contribution is -0.130. The van der Waals surface area contributed by atoms with Crippen LogP contribution in [0, 0.1) is 6.92 Å². The fourth-order valence-corrected chi connectivity index (χ4v) is 4.00. The SMILES string of the molecule is CC(=O)Nc1nc(C)c(-c2cncc(C3CCCN(C(C)=O)C3)n2)s1. The van der Waals surface area contributed by atoms with Crippen LogP contribution < -0.4 is 5.32 Å². The smallest absolute Gasteiger partial charge is 0.223 e. The molecule has 1 N–H and O–H groups in total. The summed E-state index contributed by atoms with van der Waals surface area (Å²) in [6.07, 6.45) is 5.47. The fourth-order valence-electron chi connectivity index (χ4n) is 3.03. The summed E-state index contributed by atoms with van der Waals surface area (Å²) in [7, 11) is 0. The van der Waals surface area contributed by atoms with Gasteiger partial charge in [-0.15, -0.1) is 0 Å². The van der Waals surface area contributed by atoms with Gasteiger partial charge in [0, 0.05) is 39.1 Å². The van der Waals surface area contributed by atoms with Gasteiger partial charge in [-0.2, -0.15) is 0 Å². The van der Waals surface area contributed by atoms with Crippen LogP contribution in [0.5, 0.6) is 0 Å². The third-order valence-corrected chi connectivity index (χ3v) is 5.35. The molecule has 7 nitrogen and oxygen atoms in total. The van der Waals surface area contributed by atoms with E-state index in [0.717, 1.165) is 41.3 Å². The number of carbonyl (C=O) groups excluding carboxylic acids is 2. The number of hydrogen-bond donors (Lipinski definition) is 1. The van der Waals surface area contributed by atoms with Crippen molar-refractivity contribution in [3.05, 3.63) is 23.8 Å². The van der Waals surface area contributed by atoms with Crippen molar-refractivity contribution in [3.63, 3.8) is 0 Å². The van der Waals surface area contributed by atoms with Crippen molar-refractivity contribution in [2.75, 3.05) is 18.4 Å². The van der Waals surface area contributed by atoms with Gasteiger partial charge in [-0.1, -0.05) is 11.3 Å². The van der Waals surface area contributed by atoms with Gasteiger partial charge in [-0.3, -0.25) is 14.6 Å². The number of nitrogens with one attached hydrogen (secondary N) is 1. The van der Waals surface area contributed by atoms with E-state index in [1.165, 1.54) is 18.3 Å². The minimum Gasteiger partial charge on any atom is -0.342 e. The Morgan fingerprint density at radius 1 is 1.28 bits per heavy atom. The van der Waals surface area contributed by atoms with Crippen LogP contribution in [0.4, 0.5) is 5.13 Å². The normalized spacial score (nSPS) is 17.4. The number of piperidine rings is 1. The summed E-state index contributed by atoms with van der Waals surface area (Å²) in [5.74, 6) is 0.159. The van der Waals surface area contributed by atoms with Crippen molar-refractivity contribution in [3.8, 4) is 10.6 Å². The summed E-state index contributed by atoms with van der Waals surface area (Å²) >= 11 is 1.39. The molecule has 0 bridgehead atoms. The van der Waals surface area contributed by atoms with Gasteiger partial charge in [0.15, 0.2) is 5.13 Å². The number of aryl methyl sites for hydroxylation is 1. The summed E-state index contributed by atoms with van der Waals surface area (Å²) in [6, 6.07) is 0. The third-order valence-electron chi connectivity index (χ3n) is 4.25. The van der Waals surface area contributed by atoms with Crippen molar-refractivity contribution in [2.24, 2.45) is 0 Å². The van der Waals surface area contributed by atoms with Gasteiger partial charge < -0.3 is 10.2 Å². The van der Waals surface area contributed by atoms with E-state index < -0.39 is 0 Å². The number of amides is 2. The van der Waals surface area contributed by atoms with E-state index in [0.29, 0.717) is 11.7 Å². The molecule has 1 aliphatic heterocycles. The van der Waals surface area contributed by atoms with Gasteiger partial charge in [-0.05, 0) is 19.8 Å². The topological polar surface area (TPSA) is 88.1 Å². The molecule has 0 radical (unpaired) electrons. The van der Waals surface area contributed by atoms with E-state index in [1.807, 2.05) is 11.8 Å². The van der Waals surface area contributed by atoms with Crippen LogP contribution in [0.15, 0.2) is 12.4 Å². The molecule has 1 fully saturated rings. The molecule has 1 unspecified atom stereocenters. The van der Waals surface area contributed by atoms with Gasteiger partial charge >= 0.3 is 0 Å². The zero-order chi connectivity index (χ0) is 18.0.